The normalized spacial score (nSPS) is 28.9. The Bertz CT molecular complexity index is 1080. The van der Waals surface area contributed by atoms with E-state index in [0.29, 0.717) is 6.54 Å². The molecule has 3 heterocycles. The standard InChI is InChI=1S/C22H22N2O4S/c1-16-7-10-19(11-8-16)29(26,27)23-13-18-9-12-20(17-5-3-2-4-6-17)24-21(25)28-15-22(18,24)14-23/h2-12,18,20H,13-15H2,1H3/t18-,20+,22+/m1/s1. The molecule has 7 heteroatoms. The molecule has 0 saturated carbocycles. The smallest absolute Gasteiger partial charge is 0.411 e. The number of hydrogen-bond acceptors (Lipinski definition) is 4. The first-order valence-electron chi connectivity index (χ1n) is 9.68. The molecule has 6 nitrogen and oxygen atoms in total. The minimum absolute atomic E-state index is 0.103. The van der Waals surface area contributed by atoms with Gasteiger partial charge in [0.2, 0.25) is 10.0 Å². The molecule has 2 aromatic carbocycles. The summed E-state index contributed by atoms with van der Waals surface area (Å²) in [5, 5.41) is 0. The zero-order valence-electron chi connectivity index (χ0n) is 16.1. The maximum atomic E-state index is 13.3. The first kappa shape index (κ1) is 18.4. The number of sulfonamides is 1. The zero-order chi connectivity index (χ0) is 20.2. The first-order valence-corrected chi connectivity index (χ1v) is 11.1. The molecule has 29 heavy (non-hydrogen) atoms. The van der Waals surface area contributed by atoms with Crippen LogP contribution in [-0.4, -0.2) is 49.0 Å². The summed E-state index contributed by atoms with van der Waals surface area (Å²) >= 11 is 0. The summed E-state index contributed by atoms with van der Waals surface area (Å²) in [6, 6.07) is 16.4. The molecule has 2 fully saturated rings. The molecule has 0 aromatic heterocycles. The summed E-state index contributed by atoms with van der Waals surface area (Å²) in [6.07, 6.45) is 3.66. The van der Waals surface area contributed by atoms with E-state index < -0.39 is 15.6 Å². The van der Waals surface area contributed by atoms with Gasteiger partial charge in [0.25, 0.3) is 0 Å². The highest BCUT2D eigenvalue weighted by Crippen LogP contribution is 2.48. The molecule has 0 N–H and O–H groups in total. The van der Waals surface area contributed by atoms with E-state index in [1.165, 1.54) is 4.31 Å². The molecular weight excluding hydrogens is 388 g/mol. The number of benzene rings is 2. The van der Waals surface area contributed by atoms with Crippen LogP contribution in [0.3, 0.4) is 0 Å². The van der Waals surface area contributed by atoms with Gasteiger partial charge in [-0.05, 0) is 24.6 Å². The van der Waals surface area contributed by atoms with Gasteiger partial charge in [-0.2, -0.15) is 4.31 Å². The highest BCUT2D eigenvalue weighted by Gasteiger charge is 2.61. The Kier molecular flexibility index (Phi) is 4.08. The van der Waals surface area contributed by atoms with Gasteiger partial charge in [0.15, 0.2) is 0 Å². The Labute approximate surface area is 170 Å². The fourth-order valence-electron chi connectivity index (χ4n) is 4.70. The third kappa shape index (κ3) is 2.72. The van der Waals surface area contributed by atoms with Crippen LogP contribution in [0.25, 0.3) is 0 Å². The minimum atomic E-state index is -3.65. The van der Waals surface area contributed by atoms with E-state index >= 15 is 0 Å². The van der Waals surface area contributed by atoms with Crippen molar-refractivity contribution in [1.29, 1.82) is 0 Å². The van der Waals surface area contributed by atoms with E-state index in [1.54, 1.807) is 29.2 Å². The summed E-state index contributed by atoms with van der Waals surface area (Å²) in [5.74, 6) is -0.103. The van der Waals surface area contributed by atoms with Gasteiger partial charge >= 0.3 is 6.09 Å². The number of nitrogens with zero attached hydrogens (tertiary/aromatic N) is 2. The van der Waals surface area contributed by atoms with Crippen LogP contribution in [0.15, 0.2) is 71.6 Å². The molecule has 0 bridgehead atoms. The topological polar surface area (TPSA) is 66.9 Å². The second kappa shape index (κ2) is 6.43. The van der Waals surface area contributed by atoms with Gasteiger partial charge in [0.1, 0.15) is 12.1 Å². The van der Waals surface area contributed by atoms with E-state index in [9.17, 15) is 13.2 Å². The lowest BCUT2D eigenvalue weighted by molar-refractivity contribution is 0.113. The molecule has 1 amide bonds. The molecule has 150 valence electrons. The van der Waals surface area contributed by atoms with E-state index in [1.807, 2.05) is 43.3 Å². The Balaban J connectivity index is 1.52. The molecule has 0 aliphatic carbocycles. The van der Waals surface area contributed by atoms with Gasteiger partial charge in [-0.25, -0.2) is 13.2 Å². The van der Waals surface area contributed by atoms with Gasteiger partial charge in [-0.15, -0.1) is 0 Å². The Morgan fingerprint density at radius 2 is 1.76 bits per heavy atom. The lowest BCUT2D eigenvalue weighted by atomic mass is 9.81. The van der Waals surface area contributed by atoms with Crippen molar-refractivity contribution in [3.8, 4) is 0 Å². The molecule has 2 saturated heterocycles. The van der Waals surface area contributed by atoms with E-state index in [-0.39, 0.29) is 36.1 Å². The third-order valence-corrected chi connectivity index (χ3v) is 8.09. The van der Waals surface area contributed by atoms with Crippen LogP contribution < -0.4 is 0 Å². The van der Waals surface area contributed by atoms with Crippen molar-refractivity contribution in [3.63, 3.8) is 0 Å². The number of cyclic esters (lactones) is 1. The summed E-state index contributed by atoms with van der Waals surface area (Å²) in [4.78, 5) is 14.7. The Morgan fingerprint density at radius 1 is 1.03 bits per heavy atom. The van der Waals surface area contributed by atoms with Gasteiger partial charge in [-0.1, -0.05) is 60.2 Å². The van der Waals surface area contributed by atoms with Crippen LogP contribution >= 0.6 is 0 Å². The summed E-state index contributed by atoms with van der Waals surface area (Å²) in [6.45, 7) is 2.69. The van der Waals surface area contributed by atoms with E-state index in [0.717, 1.165) is 11.1 Å². The van der Waals surface area contributed by atoms with Gasteiger partial charge in [0.05, 0.1) is 10.9 Å². The number of carbonyl (C=O) groups is 1. The SMILES string of the molecule is Cc1ccc(S(=O)(=O)N2C[C@H]3C=C[C@@H](c4ccccc4)N4C(=O)OC[C@@]34C2)cc1. The van der Waals surface area contributed by atoms with Crippen LogP contribution in [-0.2, 0) is 14.8 Å². The minimum Gasteiger partial charge on any atom is -0.447 e. The highest BCUT2D eigenvalue weighted by molar-refractivity contribution is 7.89. The number of rotatable bonds is 3. The molecule has 2 aromatic rings. The van der Waals surface area contributed by atoms with Crippen LogP contribution in [0.2, 0.25) is 0 Å². The quantitative estimate of drug-likeness (QED) is 0.730. The number of amides is 1. The zero-order valence-corrected chi connectivity index (χ0v) is 16.9. The predicted octanol–water partition coefficient (Wildman–Crippen LogP) is 3.12. The molecule has 3 aliphatic heterocycles. The van der Waals surface area contributed by atoms with Crippen molar-refractivity contribution >= 4 is 16.1 Å². The van der Waals surface area contributed by atoms with E-state index in [2.05, 4.69) is 6.08 Å². The molecule has 0 radical (unpaired) electrons. The average molecular weight is 410 g/mol. The number of ether oxygens (including phenoxy) is 1. The monoisotopic (exact) mass is 410 g/mol. The van der Waals surface area contributed by atoms with Crippen LogP contribution in [0.4, 0.5) is 4.79 Å². The van der Waals surface area contributed by atoms with Gasteiger partial charge in [-0.3, -0.25) is 4.90 Å². The molecular formula is C22H22N2O4S. The Hall–Kier alpha value is -2.64. The molecule has 0 unspecified atom stereocenters. The van der Waals surface area contributed by atoms with Gasteiger partial charge < -0.3 is 4.74 Å². The summed E-state index contributed by atoms with van der Waals surface area (Å²) < 4.78 is 33.5. The molecule has 5 rings (SSSR count). The first-order chi connectivity index (χ1) is 13.9. The second-order valence-electron chi connectivity index (χ2n) is 7.99. The molecule has 3 aliphatic rings. The fraction of sp³-hybridized carbons (Fsp3) is 0.318. The summed E-state index contributed by atoms with van der Waals surface area (Å²) in [5.41, 5.74) is 1.32. The molecule has 1 spiro atoms. The second-order valence-corrected chi connectivity index (χ2v) is 9.92. The van der Waals surface area contributed by atoms with Crippen molar-refractivity contribution < 1.29 is 17.9 Å². The van der Waals surface area contributed by atoms with Crippen LogP contribution in [0, 0.1) is 12.8 Å². The van der Waals surface area contributed by atoms with Crippen molar-refractivity contribution in [2.45, 2.75) is 23.4 Å². The fourth-order valence-corrected chi connectivity index (χ4v) is 6.23. The van der Waals surface area contributed by atoms with Crippen LogP contribution in [0.5, 0.6) is 0 Å². The maximum Gasteiger partial charge on any atom is 0.411 e. The van der Waals surface area contributed by atoms with Crippen molar-refractivity contribution in [2.24, 2.45) is 5.92 Å². The average Bonchev–Trinajstić information content (AvgIpc) is 3.28. The van der Waals surface area contributed by atoms with Crippen molar-refractivity contribution in [2.75, 3.05) is 19.7 Å². The van der Waals surface area contributed by atoms with Crippen molar-refractivity contribution in [1.82, 2.24) is 9.21 Å². The number of carbonyl (C=O) groups excluding carboxylic acids is 1. The largest absolute Gasteiger partial charge is 0.447 e. The van der Waals surface area contributed by atoms with Crippen molar-refractivity contribution in [3.05, 3.63) is 77.9 Å². The maximum absolute atomic E-state index is 13.3. The predicted molar refractivity (Wildman–Crippen MR) is 108 cm³/mol. The number of aryl methyl sites for hydroxylation is 1. The highest BCUT2D eigenvalue weighted by atomic mass is 32.2. The lowest BCUT2D eigenvalue weighted by Gasteiger charge is -2.42. The Morgan fingerprint density at radius 3 is 2.48 bits per heavy atom. The van der Waals surface area contributed by atoms with Crippen LogP contribution in [0.1, 0.15) is 17.2 Å². The van der Waals surface area contributed by atoms with Gasteiger partial charge in [0, 0.05) is 19.0 Å². The summed E-state index contributed by atoms with van der Waals surface area (Å²) in [7, 11) is -3.65. The number of hydrogen-bond donors (Lipinski definition) is 0. The third-order valence-electron chi connectivity index (χ3n) is 6.27. The molecule has 3 atom stereocenters. The lowest BCUT2D eigenvalue weighted by Crippen LogP contribution is -2.55. The van der Waals surface area contributed by atoms with E-state index in [4.69, 9.17) is 4.74 Å².